The highest BCUT2D eigenvalue weighted by atomic mass is 16.6. The van der Waals surface area contributed by atoms with Crippen LogP contribution in [-0.4, -0.2) is 95.0 Å². The Hall–Kier alpha value is -4.97. The third kappa shape index (κ3) is 8.27. The van der Waals surface area contributed by atoms with Gasteiger partial charge in [0.25, 0.3) is 5.91 Å². The molecule has 0 spiro atoms. The summed E-state index contributed by atoms with van der Waals surface area (Å²) in [6, 6.07) is 9.70. The third-order valence-corrected chi connectivity index (χ3v) is 5.96. The summed E-state index contributed by atoms with van der Waals surface area (Å²) in [6.07, 6.45) is 12.5. The molecule has 13 heteroatoms. The minimum atomic E-state index is -1.25. The Labute approximate surface area is 242 Å². The standard InChI is InChI=1S/C29H29N5O8/c1-4-13-30-23(36)18-40-25-21(17-35)42-28(26(25)41-19-24(37)33(14-5-2)15-6-3)34-16-12-22(32-29(34)39)31-27(38)20-10-8-7-9-11-20/h1-3,7-12,16,21,25-26,28,35H,13-15,17-19H2,(H,30,36)(H,31,32,38,39)/t21-,25-,26-,28-/m1/s1. The molecular weight excluding hydrogens is 546 g/mol. The van der Waals surface area contributed by atoms with Crippen molar-refractivity contribution in [2.24, 2.45) is 0 Å². The number of carbonyl (C=O) groups excluding carboxylic acids is 3. The molecule has 0 unspecified atom stereocenters. The van der Waals surface area contributed by atoms with E-state index in [0.29, 0.717) is 5.56 Å². The van der Waals surface area contributed by atoms with E-state index in [2.05, 4.69) is 33.4 Å². The number of amides is 3. The van der Waals surface area contributed by atoms with Crippen molar-refractivity contribution >= 4 is 23.5 Å². The van der Waals surface area contributed by atoms with Gasteiger partial charge in [0.05, 0.1) is 26.2 Å². The van der Waals surface area contributed by atoms with Gasteiger partial charge in [-0.2, -0.15) is 4.98 Å². The molecular formula is C29H29N5O8. The molecule has 1 aliphatic heterocycles. The molecule has 1 fully saturated rings. The van der Waals surface area contributed by atoms with Crippen molar-refractivity contribution in [1.82, 2.24) is 19.8 Å². The van der Waals surface area contributed by atoms with Crippen molar-refractivity contribution in [3.05, 3.63) is 58.6 Å². The lowest BCUT2D eigenvalue weighted by Crippen LogP contribution is -2.44. The Balaban J connectivity index is 1.85. The first-order chi connectivity index (χ1) is 20.3. The van der Waals surface area contributed by atoms with Gasteiger partial charge >= 0.3 is 5.69 Å². The number of ether oxygens (including phenoxy) is 3. The summed E-state index contributed by atoms with van der Waals surface area (Å²) < 4.78 is 18.5. The zero-order chi connectivity index (χ0) is 30.5. The molecule has 3 amide bonds. The molecule has 1 aromatic heterocycles. The smallest absolute Gasteiger partial charge is 0.351 e. The van der Waals surface area contributed by atoms with Crippen LogP contribution >= 0.6 is 0 Å². The first-order valence-corrected chi connectivity index (χ1v) is 12.6. The second-order valence-corrected chi connectivity index (χ2v) is 8.76. The highest BCUT2D eigenvalue weighted by molar-refractivity contribution is 6.03. The van der Waals surface area contributed by atoms with E-state index in [1.165, 1.54) is 17.2 Å². The Kier molecular flexibility index (Phi) is 11.8. The van der Waals surface area contributed by atoms with Gasteiger partial charge in [-0.25, -0.2) is 4.79 Å². The van der Waals surface area contributed by atoms with Crippen LogP contribution in [0.1, 0.15) is 16.6 Å². The van der Waals surface area contributed by atoms with Gasteiger partial charge in [-0.3, -0.25) is 19.0 Å². The highest BCUT2D eigenvalue weighted by Crippen LogP contribution is 2.33. The van der Waals surface area contributed by atoms with Crippen LogP contribution in [0.4, 0.5) is 5.82 Å². The molecule has 1 saturated heterocycles. The van der Waals surface area contributed by atoms with Gasteiger partial charge in [0.2, 0.25) is 11.8 Å². The van der Waals surface area contributed by atoms with Gasteiger partial charge in [-0.15, -0.1) is 19.3 Å². The van der Waals surface area contributed by atoms with E-state index in [0.717, 1.165) is 4.57 Å². The largest absolute Gasteiger partial charge is 0.394 e. The second kappa shape index (κ2) is 15.7. The molecule has 13 nitrogen and oxygen atoms in total. The number of nitrogens with one attached hydrogen (secondary N) is 2. The summed E-state index contributed by atoms with van der Waals surface area (Å²) in [5.74, 6) is 5.34. The molecule has 218 valence electrons. The summed E-state index contributed by atoms with van der Waals surface area (Å²) in [7, 11) is 0. The van der Waals surface area contributed by atoms with Gasteiger partial charge in [0.15, 0.2) is 6.23 Å². The fourth-order valence-electron chi connectivity index (χ4n) is 4.00. The normalized spacial score (nSPS) is 19.1. The summed E-state index contributed by atoms with van der Waals surface area (Å²) in [5.41, 5.74) is -0.474. The lowest BCUT2D eigenvalue weighted by molar-refractivity contribution is -0.145. The van der Waals surface area contributed by atoms with Gasteiger partial charge in [0, 0.05) is 11.8 Å². The minimum Gasteiger partial charge on any atom is -0.394 e. The molecule has 42 heavy (non-hydrogen) atoms. The number of terminal acetylenes is 3. The first kappa shape index (κ1) is 31.6. The number of aromatic nitrogens is 2. The number of nitrogens with zero attached hydrogens (tertiary/aromatic N) is 3. The molecule has 1 aromatic carbocycles. The Morgan fingerprint density at radius 2 is 1.71 bits per heavy atom. The van der Waals surface area contributed by atoms with E-state index in [9.17, 15) is 24.3 Å². The number of carbonyl (C=O) groups is 3. The van der Waals surface area contributed by atoms with Crippen LogP contribution in [-0.2, 0) is 23.8 Å². The van der Waals surface area contributed by atoms with E-state index in [1.54, 1.807) is 30.3 Å². The minimum absolute atomic E-state index is 0.0216. The second-order valence-electron chi connectivity index (χ2n) is 8.76. The van der Waals surface area contributed by atoms with Gasteiger partial charge in [-0.05, 0) is 18.2 Å². The molecule has 3 N–H and O–H groups in total. The maximum Gasteiger partial charge on any atom is 0.351 e. The predicted octanol–water partition coefficient (Wildman–Crippen LogP) is -1.000. The van der Waals surface area contributed by atoms with Crippen LogP contribution in [0.25, 0.3) is 0 Å². The third-order valence-electron chi connectivity index (χ3n) is 5.96. The van der Waals surface area contributed by atoms with Gasteiger partial charge < -0.3 is 34.9 Å². The number of aliphatic hydroxyl groups excluding tert-OH is 1. The monoisotopic (exact) mass is 575 g/mol. The van der Waals surface area contributed by atoms with Crippen molar-refractivity contribution in [2.75, 3.05) is 44.8 Å². The molecule has 2 heterocycles. The molecule has 0 bridgehead atoms. The van der Waals surface area contributed by atoms with Gasteiger partial charge in [0.1, 0.15) is 37.3 Å². The van der Waals surface area contributed by atoms with E-state index < -0.39 is 67.8 Å². The summed E-state index contributed by atoms with van der Waals surface area (Å²) in [5, 5.41) is 15.0. The molecule has 1 aliphatic rings. The van der Waals surface area contributed by atoms with Crippen molar-refractivity contribution in [1.29, 1.82) is 0 Å². The van der Waals surface area contributed by atoms with Crippen LogP contribution in [0.3, 0.4) is 0 Å². The van der Waals surface area contributed by atoms with Crippen LogP contribution in [0.15, 0.2) is 47.4 Å². The summed E-state index contributed by atoms with van der Waals surface area (Å²) >= 11 is 0. The maximum atomic E-state index is 13.1. The molecule has 0 saturated carbocycles. The fourth-order valence-corrected chi connectivity index (χ4v) is 4.00. The molecule has 0 aliphatic carbocycles. The van der Waals surface area contributed by atoms with Gasteiger partial charge in [-0.1, -0.05) is 36.0 Å². The number of rotatable bonds is 13. The zero-order valence-electron chi connectivity index (χ0n) is 22.5. The van der Waals surface area contributed by atoms with Crippen LogP contribution in [0, 0.1) is 37.0 Å². The maximum absolute atomic E-state index is 13.1. The number of anilines is 1. The van der Waals surface area contributed by atoms with E-state index in [4.69, 9.17) is 33.5 Å². The molecule has 4 atom stereocenters. The van der Waals surface area contributed by atoms with Crippen molar-refractivity contribution in [3.63, 3.8) is 0 Å². The molecule has 2 aromatic rings. The fraction of sp³-hybridized carbons (Fsp3) is 0.345. The van der Waals surface area contributed by atoms with Crippen LogP contribution in [0.5, 0.6) is 0 Å². The topological polar surface area (TPSA) is 161 Å². The first-order valence-electron chi connectivity index (χ1n) is 12.6. The number of hydrogen-bond acceptors (Lipinski definition) is 9. The van der Waals surface area contributed by atoms with Crippen molar-refractivity contribution in [3.8, 4) is 37.0 Å². The van der Waals surface area contributed by atoms with Crippen molar-refractivity contribution < 1.29 is 33.7 Å². The highest BCUT2D eigenvalue weighted by Gasteiger charge is 2.48. The molecule has 3 rings (SSSR count). The lowest BCUT2D eigenvalue weighted by Gasteiger charge is -2.26. The Bertz CT molecular complexity index is 1420. The van der Waals surface area contributed by atoms with Crippen LogP contribution < -0.4 is 16.3 Å². The predicted molar refractivity (Wildman–Crippen MR) is 149 cm³/mol. The van der Waals surface area contributed by atoms with E-state index >= 15 is 0 Å². The number of benzene rings is 1. The quantitative estimate of drug-likeness (QED) is 0.255. The number of aliphatic hydroxyl groups is 1. The van der Waals surface area contributed by atoms with Crippen molar-refractivity contribution in [2.45, 2.75) is 24.5 Å². The zero-order valence-corrected chi connectivity index (χ0v) is 22.5. The SMILES string of the molecule is C#CCNC(=O)CO[C@H]1[C@@H](OCC(=O)N(CC#C)CC#C)[C@H](n2ccc(NC(=O)c3ccccc3)nc2=O)O[C@@H]1CO. The van der Waals surface area contributed by atoms with E-state index in [-0.39, 0.29) is 25.5 Å². The molecule has 0 radical (unpaired) electrons. The van der Waals surface area contributed by atoms with Crippen LogP contribution in [0.2, 0.25) is 0 Å². The summed E-state index contributed by atoms with van der Waals surface area (Å²) in [4.78, 5) is 55.5. The lowest BCUT2D eigenvalue weighted by atomic mass is 10.1. The average molecular weight is 576 g/mol. The van der Waals surface area contributed by atoms with E-state index in [1.807, 2.05) is 0 Å². The summed E-state index contributed by atoms with van der Waals surface area (Å²) in [6.45, 7) is -1.75. The average Bonchev–Trinajstić information content (AvgIpc) is 3.35. The Morgan fingerprint density at radius 3 is 2.33 bits per heavy atom. The number of hydrogen-bond donors (Lipinski definition) is 3. The Morgan fingerprint density at radius 1 is 1.02 bits per heavy atom.